The summed E-state index contributed by atoms with van der Waals surface area (Å²) in [6.45, 7) is 2.13. The van der Waals surface area contributed by atoms with Crippen LogP contribution in [0.4, 0.5) is 0 Å². The fraction of sp³-hybridized carbons (Fsp3) is 0.182. The Morgan fingerprint density at radius 1 is 1.54 bits per heavy atom. The third-order valence-corrected chi connectivity index (χ3v) is 2.96. The predicted octanol–water partition coefficient (Wildman–Crippen LogP) is 2.84. The lowest BCUT2D eigenvalue weighted by molar-refractivity contribution is 1.15. The molecule has 1 heterocycles. The molecule has 0 atom stereocenters. The topological polar surface area (TPSA) is 12.9 Å². The number of para-hydroxylation sites is 1. The molecule has 0 aliphatic rings. The van der Waals surface area contributed by atoms with Crippen molar-refractivity contribution in [2.45, 2.75) is 13.3 Å². The molecular formula is C11H9NS. The monoisotopic (exact) mass is 187 g/mol. The summed E-state index contributed by atoms with van der Waals surface area (Å²) in [5.74, 6) is 2.58. The standard InChI is InChI=1S/C11H9NS/c1-3-8-6-5-7-9-11(8)12-10(4-2)13-9/h2,5-7H,3H2,1H3. The minimum absolute atomic E-state index is 0.774. The number of nitrogens with zero attached hydrogens (tertiary/aromatic N) is 1. The minimum Gasteiger partial charge on any atom is -0.227 e. The fourth-order valence-electron chi connectivity index (χ4n) is 1.35. The van der Waals surface area contributed by atoms with E-state index in [4.69, 9.17) is 6.42 Å². The Balaban J connectivity index is 2.76. The van der Waals surface area contributed by atoms with Gasteiger partial charge in [0, 0.05) is 0 Å². The third kappa shape index (κ3) is 1.32. The van der Waals surface area contributed by atoms with Gasteiger partial charge in [-0.1, -0.05) is 19.1 Å². The number of aryl methyl sites for hydroxylation is 1. The van der Waals surface area contributed by atoms with Gasteiger partial charge in [-0.2, -0.15) is 0 Å². The van der Waals surface area contributed by atoms with Gasteiger partial charge >= 0.3 is 0 Å². The SMILES string of the molecule is C#Cc1nc2c(CC)cccc2s1. The average molecular weight is 187 g/mol. The maximum atomic E-state index is 5.30. The van der Waals surface area contributed by atoms with Crippen molar-refractivity contribution in [3.63, 3.8) is 0 Å². The van der Waals surface area contributed by atoms with E-state index < -0.39 is 0 Å². The van der Waals surface area contributed by atoms with Crippen LogP contribution in [-0.4, -0.2) is 4.98 Å². The van der Waals surface area contributed by atoms with E-state index in [2.05, 4.69) is 36.0 Å². The molecule has 0 radical (unpaired) electrons. The van der Waals surface area contributed by atoms with Crippen LogP contribution in [0.2, 0.25) is 0 Å². The Bertz CT molecular complexity index is 476. The maximum Gasteiger partial charge on any atom is 0.167 e. The van der Waals surface area contributed by atoms with Crippen molar-refractivity contribution < 1.29 is 0 Å². The van der Waals surface area contributed by atoms with Crippen LogP contribution in [0.15, 0.2) is 18.2 Å². The van der Waals surface area contributed by atoms with Gasteiger partial charge in [-0.05, 0) is 24.0 Å². The normalized spacial score (nSPS) is 10.2. The molecule has 1 aromatic heterocycles. The van der Waals surface area contributed by atoms with E-state index >= 15 is 0 Å². The van der Waals surface area contributed by atoms with Crippen LogP contribution in [-0.2, 0) is 6.42 Å². The van der Waals surface area contributed by atoms with E-state index in [0.29, 0.717) is 0 Å². The van der Waals surface area contributed by atoms with E-state index in [1.807, 2.05) is 0 Å². The van der Waals surface area contributed by atoms with E-state index in [1.165, 1.54) is 10.3 Å². The van der Waals surface area contributed by atoms with E-state index in [9.17, 15) is 0 Å². The van der Waals surface area contributed by atoms with E-state index in [1.54, 1.807) is 11.3 Å². The van der Waals surface area contributed by atoms with Crippen molar-refractivity contribution in [1.29, 1.82) is 0 Å². The molecule has 0 spiro atoms. The van der Waals surface area contributed by atoms with Crippen LogP contribution in [0.1, 0.15) is 17.5 Å². The van der Waals surface area contributed by atoms with Crippen LogP contribution in [0.3, 0.4) is 0 Å². The summed E-state index contributed by atoms with van der Waals surface area (Å²) in [5, 5.41) is 0.774. The maximum absolute atomic E-state index is 5.30. The van der Waals surface area contributed by atoms with Gasteiger partial charge in [0.25, 0.3) is 0 Å². The van der Waals surface area contributed by atoms with E-state index in [-0.39, 0.29) is 0 Å². The molecule has 1 aromatic carbocycles. The number of terminal acetylenes is 1. The molecule has 0 aliphatic heterocycles. The van der Waals surface area contributed by atoms with Gasteiger partial charge in [0.15, 0.2) is 5.01 Å². The third-order valence-electron chi connectivity index (χ3n) is 2.01. The molecule has 2 heteroatoms. The van der Waals surface area contributed by atoms with Gasteiger partial charge in [-0.15, -0.1) is 17.8 Å². The molecule has 0 saturated heterocycles. The van der Waals surface area contributed by atoms with Crippen LogP contribution >= 0.6 is 11.3 Å². The lowest BCUT2D eigenvalue weighted by Crippen LogP contribution is -1.81. The van der Waals surface area contributed by atoms with Crippen LogP contribution in [0.25, 0.3) is 10.2 Å². The molecule has 0 bridgehead atoms. The highest BCUT2D eigenvalue weighted by Crippen LogP contribution is 2.24. The predicted molar refractivity (Wildman–Crippen MR) is 56.9 cm³/mol. The molecule has 2 aromatic rings. The first-order valence-corrected chi connectivity index (χ1v) is 5.02. The number of hydrogen-bond acceptors (Lipinski definition) is 2. The molecule has 0 N–H and O–H groups in total. The van der Waals surface area contributed by atoms with Gasteiger partial charge in [0.2, 0.25) is 0 Å². The first-order valence-electron chi connectivity index (χ1n) is 4.20. The Morgan fingerprint density at radius 3 is 3.08 bits per heavy atom. The van der Waals surface area contributed by atoms with Gasteiger partial charge in [0.05, 0.1) is 10.2 Å². The first kappa shape index (κ1) is 8.28. The molecule has 0 saturated carbocycles. The van der Waals surface area contributed by atoms with Crippen molar-refractivity contribution in [3.8, 4) is 12.3 Å². The highest BCUT2D eigenvalue weighted by atomic mass is 32.1. The Hall–Kier alpha value is -1.33. The zero-order valence-electron chi connectivity index (χ0n) is 7.37. The lowest BCUT2D eigenvalue weighted by atomic mass is 10.1. The minimum atomic E-state index is 0.774. The molecule has 0 unspecified atom stereocenters. The van der Waals surface area contributed by atoms with Crippen LogP contribution in [0.5, 0.6) is 0 Å². The first-order chi connectivity index (χ1) is 6.35. The Kier molecular flexibility index (Phi) is 2.03. The molecule has 0 amide bonds. The van der Waals surface area contributed by atoms with E-state index in [0.717, 1.165) is 16.9 Å². The van der Waals surface area contributed by atoms with Crippen molar-refractivity contribution >= 4 is 21.6 Å². The number of hydrogen-bond donors (Lipinski definition) is 0. The largest absolute Gasteiger partial charge is 0.227 e. The molecule has 0 aliphatic carbocycles. The van der Waals surface area contributed by atoms with Crippen molar-refractivity contribution in [1.82, 2.24) is 4.98 Å². The smallest absolute Gasteiger partial charge is 0.167 e. The fourth-order valence-corrected chi connectivity index (χ4v) is 2.18. The van der Waals surface area contributed by atoms with Crippen molar-refractivity contribution in [3.05, 3.63) is 28.8 Å². The molecule has 2 rings (SSSR count). The quantitative estimate of drug-likeness (QED) is 0.625. The molecule has 1 nitrogen and oxygen atoms in total. The van der Waals surface area contributed by atoms with Crippen LogP contribution < -0.4 is 0 Å². The van der Waals surface area contributed by atoms with Gasteiger partial charge in [-0.3, -0.25) is 0 Å². The van der Waals surface area contributed by atoms with Gasteiger partial charge in [-0.25, -0.2) is 4.98 Å². The second-order valence-electron chi connectivity index (χ2n) is 2.78. The van der Waals surface area contributed by atoms with Crippen molar-refractivity contribution in [2.24, 2.45) is 0 Å². The summed E-state index contributed by atoms with van der Waals surface area (Å²) < 4.78 is 1.19. The number of fused-ring (bicyclic) bond motifs is 1. The zero-order chi connectivity index (χ0) is 9.26. The lowest BCUT2D eigenvalue weighted by Gasteiger charge is -1.95. The summed E-state index contributed by atoms with van der Waals surface area (Å²) in [7, 11) is 0. The highest BCUT2D eigenvalue weighted by molar-refractivity contribution is 7.19. The Labute approximate surface area is 81.4 Å². The van der Waals surface area contributed by atoms with Crippen LogP contribution in [0, 0.1) is 12.3 Å². The number of benzene rings is 1. The van der Waals surface area contributed by atoms with Crippen molar-refractivity contribution in [2.75, 3.05) is 0 Å². The molecule has 13 heavy (non-hydrogen) atoms. The highest BCUT2D eigenvalue weighted by Gasteiger charge is 2.04. The molecule has 0 fully saturated rings. The average Bonchev–Trinajstić information content (AvgIpc) is 2.59. The molecule has 64 valence electrons. The Morgan fingerprint density at radius 2 is 2.38 bits per heavy atom. The summed E-state index contributed by atoms with van der Waals surface area (Å²) in [4.78, 5) is 4.38. The van der Waals surface area contributed by atoms with Gasteiger partial charge in [0.1, 0.15) is 0 Å². The second-order valence-corrected chi connectivity index (χ2v) is 3.81. The zero-order valence-corrected chi connectivity index (χ0v) is 8.19. The molecular weight excluding hydrogens is 178 g/mol. The van der Waals surface area contributed by atoms with Gasteiger partial charge < -0.3 is 0 Å². The summed E-state index contributed by atoms with van der Waals surface area (Å²) in [5.41, 5.74) is 2.35. The summed E-state index contributed by atoms with van der Waals surface area (Å²) in [6.07, 6.45) is 6.31. The summed E-state index contributed by atoms with van der Waals surface area (Å²) in [6, 6.07) is 6.22. The number of thiazole rings is 1. The summed E-state index contributed by atoms with van der Waals surface area (Å²) >= 11 is 1.58. The number of aromatic nitrogens is 1. The number of rotatable bonds is 1. The second kappa shape index (κ2) is 3.20.